The molecule has 118 valence electrons. The summed E-state index contributed by atoms with van der Waals surface area (Å²) in [5.74, 6) is 0.268. The van der Waals surface area contributed by atoms with Gasteiger partial charge in [-0.3, -0.25) is 0 Å². The molecule has 1 aromatic rings. The summed E-state index contributed by atoms with van der Waals surface area (Å²) in [6.07, 6.45) is 1.89. The van der Waals surface area contributed by atoms with E-state index in [0.29, 0.717) is 19.6 Å². The van der Waals surface area contributed by atoms with Crippen molar-refractivity contribution in [3.05, 3.63) is 35.4 Å². The molecular weight excluding hydrogens is 286 g/mol. The lowest BCUT2D eigenvalue weighted by Crippen LogP contribution is -2.47. The molecule has 1 fully saturated rings. The number of benzene rings is 1. The smallest absolute Gasteiger partial charge is 0.280 e. The SMILES string of the molecule is Cc1ccccc1C(C)NS(=O)(=O)N1CCCC(CN)C1. The van der Waals surface area contributed by atoms with E-state index in [1.54, 1.807) is 0 Å². The molecule has 1 saturated heterocycles. The lowest BCUT2D eigenvalue weighted by atomic mass is 10.0. The van der Waals surface area contributed by atoms with Crippen LogP contribution in [0.15, 0.2) is 24.3 Å². The molecule has 0 saturated carbocycles. The Balaban J connectivity index is 2.08. The van der Waals surface area contributed by atoms with Crippen LogP contribution in [0.1, 0.15) is 36.9 Å². The Morgan fingerprint density at radius 3 is 2.81 bits per heavy atom. The minimum Gasteiger partial charge on any atom is -0.330 e. The summed E-state index contributed by atoms with van der Waals surface area (Å²) in [5, 5.41) is 0. The van der Waals surface area contributed by atoms with Crippen molar-refractivity contribution in [1.29, 1.82) is 0 Å². The van der Waals surface area contributed by atoms with E-state index in [-0.39, 0.29) is 12.0 Å². The maximum atomic E-state index is 12.5. The highest BCUT2D eigenvalue weighted by Gasteiger charge is 2.29. The average Bonchev–Trinajstić information content (AvgIpc) is 2.47. The second-order valence-corrected chi connectivity index (χ2v) is 7.51. The van der Waals surface area contributed by atoms with Gasteiger partial charge < -0.3 is 5.73 Å². The molecular formula is C15H25N3O2S. The average molecular weight is 311 g/mol. The van der Waals surface area contributed by atoms with Crippen LogP contribution in [0.2, 0.25) is 0 Å². The fourth-order valence-electron chi connectivity index (χ4n) is 2.87. The normalized spacial score (nSPS) is 22.1. The van der Waals surface area contributed by atoms with Gasteiger partial charge in [-0.05, 0) is 50.3 Å². The second kappa shape index (κ2) is 6.87. The minimum atomic E-state index is -3.46. The van der Waals surface area contributed by atoms with Crippen molar-refractivity contribution in [1.82, 2.24) is 9.03 Å². The number of hydrogen-bond donors (Lipinski definition) is 2. The van der Waals surface area contributed by atoms with Gasteiger partial charge in [0.15, 0.2) is 0 Å². The van der Waals surface area contributed by atoms with Crippen LogP contribution in [0.3, 0.4) is 0 Å². The topological polar surface area (TPSA) is 75.4 Å². The van der Waals surface area contributed by atoms with Crippen molar-refractivity contribution in [2.75, 3.05) is 19.6 Å². The summed E-state index contributed by atoms with van der Waals surface area (Å²) in [4.78, 5) is 0. The Kier molecular flexibility index (Phi) is 5.37. The number of piperidine rings is 1. The third-order valence-corrected chi connectivity index (χ3v) is 5.80. The molecule has 0 bridgehead atoms. The summed E-state index contributed by atoms with van der Waals surface area (Å²) in [5.41, 5.74) is 7.78. The minimum absolute atomic E-state index is 0.241. The number of nitrogens with two attached hydrogens (primary N) is 1. The number of nitrogens with one attached hydrogen (secondary N) is 1. The van der Waals surface area contributed by atoms with Crippen LogP contribution in [0.4, 0.5) is 0 Å². The first kappa shape index (κ1) is 16.4. The Bertz CT molecular complexity index is 574. The van der Waals surface area contributed by atoms with Crippen molar-refractivity contribution in [3.63, 3.8) is 0 Å². The predicted octanol–water partition coefficient (Wildman–Crippen LogP) is 1.56. The lowest BCUT2D eigenvalue weighted by Gasteiger charge is -2.32. The number of rotatable bonds is 5. The quantitative estimate of drug-likeness (QED) is 0.866. The van der Waals surface area contributed by atoms with Crippen LogP contribution in [0.25, 0.3) is 0 Å². The summed E-state index contributed by atoms with van der Waals surface area (Å²) in [7, 11) is -3.46. The fraction of sp³-hybridized carbons (Fsp3) is 0.600. The molecule has 3 N–H and O–H groups in total. The van der Waals surface area contributed by atoms with Crippen LogP contribution in [-0.2, 0) is 10.2 Å². The monoisotopic (exact) mass is 311 g/mol. The lowest BCUT2D eigenvalue weighted by molar-refractivity contribution is 0.267. The van der Waals surface area contributed by atoms with Gasteiger partial charge in [0.2, 0.25) is 0 Å². The Labute approximate surface area is 127 Å². The van der Waals surface area contributed by atoms with Gasteiger partial charge in [-0.15, -0.1) is 0 Å². The molecule has 5 nitrogen and oxygen atoms in total. The number of aryl methyl sites for hydroxylation is 1. The van der Waals surface area contributed by atoms with Crippen LogP contribution in [-0.4, -0.2) is 32.4 Å². The van der Waals surface area contributed by atoms with Crippen LogP contribution in [0, 0.1) is 12.8 Å². The molecule has 1 aliphatic rings. The van der Waals surface area contributed by atoms with Gasteiger partial charge in [-0.1, -0.05) is 24.3 Å². The van der Waals surface area contributed by atoms with Crippen LogP contribution < -0.4 is 10.5 Å². The van der Waals surface area contributed by atoms with Crippen molar-refractivity contribution in [2.24, 2.45) is 11.7 Å². The van der Waals surface area contributed by atoms with E-state index in [1.807, 2.05) is 38.1 Å². The van der Waals surface area contributed by atoms with E-state index >= 15 is 0 Å². The van der Waals surface area contributed by atoms with Gasteiger partial charge in [0.25, 0.3) is 10.2 Å². The molecule has 0 amide bonds. The van der Waals surface area contributed by atoms with E-state index in [1.165, 1.54) is 4.31 Å². The highest BCUT2D eigenvalue weighted by Crippen LogP contribution is 2.21. The molecule has 2 unspecified atom stereocenters. The van der Waals surface area contributed by atoms with Gasteiger partial charge >= 0.3 is 0 Å². The summed E-state index contributed by atoms with van der Waals surface area (Å²) < 4.78 is 29.3. The van der Waals surface area contributed by atoms with E-state index in [0.717, 1.165) is 24.0 Å². The maximum absolute atomic E-state index is 12.5. The fourth-order valence-corrected chi connectivity index (χ4v) is 4.37. The third kappa shape index (κ3) is 4.03. The van der Waals surface area contributed by atoms with E-state index in [9.17, 15) is 8.42 Å². The van der Waals surface area contributed by atoms with Gasteiger partial charge in [0.1, 0.15) is 0 Å². The molecule has 2 rings (SSSR count). The highest BCUT2D eigenvalue weighted by atomic mass is 32.2. The molecule has 21 heavy (non-hydrogen) atoms. The molecule has 1 heterocycles. The van der Waals surface area contributed by atoms with Crippen molar-refractivity contribution >= 4 is 10.2 Å². The van der Waals surface area contributed by atoms with E-state index in [2.05, 4.69) is 4.72 Å². The molecule has 0 radical (unpaired) electrons. The molecule has 6 heteroatoms. The molecule has 0 aliphatic carbocycles. The number of nitrogens with zero attached hydrogens (tertiary/aromatic N) is 1. The summed E-state index contributed by atoms with van der Waals surface area (Å²) in [6, 6.07) is 7.59. The Morgan fingerprint density at radius 1 is 1.43 bits per heavy atom. The van der Waals surface area contributed by atoms with Gasteiger partial charge in [0.05, 0.1) is 0 Å². The molecule has 1 aromatic carbocycles. The predicted molar refractivity (Wildman–Crippen MR) is 85.0 cm³/mol. The zero-order valence-electron chi connectivity index (χ0n) is 12.7. The first-order chi connectivity index (χ1) is 9.94. The van der Waals surface area contributed by atoms with Crippen LogP contribution in [0.5, 0.6) is 0 Å². The Hall–Kier alpha value is -0.950. The van der Waals surface area contributed by atoms with Gasteiger partial charge in [-0.2, -0.15) is 17.4 Å². The summed E-state index contributed by atoms with van der Waals surface area (Å²) >= 11 is 0. The van der Waals surface area contributed by atoms with Crippen molar-refractivity contribution in [3.8, 4) is 0 Å². The first-order valence-corrected chi connectivity index (χ1v) is 8.91. The van der Waals surface area contributed by atoms with Crippen LogP contribution >= 0.6 is 0 Å². The highest BCUT2D eigenvalue weighted by molar-refractivity contribution is 7.87. The zero-order valence-corrected chi connectivity index (χ0v) is 13.6. The molecule has 0 aromatic heterocycles. The standard InChI is InChI=1S/C15H25N3O2S/c1-12-6-3-4-8-15(12)13(2)17-21(19,20)18-9-5-7-14(10-16)11-18/h3-4,6,8,13-14,17H,5,7,9-11,16H2,1-2H3. The largest absolute Gasteiger partial charge is 0.330 e. The second-order valence-electron chi connectivity index (χ2n) is 5.80. The molecule has 1 aliphatic heterocycles. The van der Waals surface area contributed by atoms with Gasteiger partial charge in [0, 0.05) is 19.1 Å². The zero-order chi connectivity index (χ0) is 15.5. The number of hydrogen-bond acceptors (Lipinski definition) is 3. The van der Waals surface area contributed by atoms with Crippen molar-refractivity contribution < 1.29 is 8.42 Å². The van der Waals surface area contributed by atoms with Gasteiger partial charge in [-0.25, -0.2) is 0 Å². The molecule has 2 atom stereocenters. The first-order valence-electron chi connectivity index (χ1n) is 7.47. The Morgan fingerprint density at radius 2 is 2.14 bits per heavy atom. The molecule has 0 spiro atoms. The maximum Gasteiger partial charge on any atom is 0.280 e. The third-order valence-electron chi connectivity index (χ3n) is 4.14. The summed E-state index contributed by atoms with van der Waals surface area (Å²) in [6.45, 7) is 5.51. The van der Waals surface area contributed by atoms with E-state index in [4.69, 9.17) is 5.73 Å². The van der Waals surface area contributed by atoms with E-state index < -0.39 is 10.2 Å². The van der Waals surface area contributed by atoms with Crippen molar-refractivity contribution in [2.45, 2.75) is 32.7 Å².